The van der Waals surface area contributed by atoms with Crippen LogP contribution in [-0.4, -0.2) is 72.1 Å². The zero-order valence-corrected chi connectivity index (χ0v) is 32.0. The number of likely N-dealkylation sites (N-methyl/N-ethyl adjacent to an activating group) is 1. The molecule has 1 unspecified atom stereocenters. The van der Waals surface area contributed by atoms with Crippen molar-refractivity contribution in [2.45, 2.75) is 81.7 Å². The number of aromatic nitrogens is 1. The van der Waals surface area contributed by atoms with Gasteiger partial charge in [-0.25, -0.2) is 32.2 Å². The number of rotatable bonds is 5. The molecule has 0 radical (unpaired) electrons. The van der Waals surface area contributed by atoms with Crippen LogP contribution in [0.1, 0.15) is 74.8 Å². The van der Waals surface area contributed by atoms with Gasteiger partial charge in [-0.2, -0.15) is 4.90 Å². The molecule has 14 nitrogen and oxygen atoms in total. The van der Waals surface area contributed by atoms with Gasteiger partial charge in [0.1, 0.15) is 17.5 Å². The Kier molecular flexibility index (Phi) is 10.5. The number of pyridine rings is 1. The number of halogens is 1. The van der Waals surface area contributed by atoms with Gasteiger partial charge in [-0.05, 0) is 105 Å². The number of anilines is 3. The summed E-state index contributed by atoms with van der Waals surface area (Å²) in [5.74, 6) is -2.15. The Morgan fingerprint density at radius 1 is 1.09 bits per heavy atom. The van der Waals surface area contributed by atoms with E-state index in [2.05, 4.69) is 15.6 Å². The van der Waals surface area contributed by atoms with Crippen LogP contribution in [0.3, 0.4) is 0 Å². The van der Waals surface area contributed by atoms with Gasteiger partial charge in [-0.3, -0.25) is 10.1 Å². The van der Waals surface area contributed by atoms with Gasteiger partial charge in [-0.15, -0.1) is 0 Å². The minimum absolute atomic E-state index is 0.0385. The average molecular weight is 776 g/mol. The van der Waals surface area contributed by atoms with E-state index in [0.717, 1.165) is 17.2 Å². The average Bonchev–Trinajstić information content (AvgIpc) is 3.95. The molecule has 4 bridgehead atoms. The third-order valence-electron chi connectivity index (χ3n) is 9.32. The third-order valence-corrected chi connectivity index (χ3v) is 11.7. The summed E-state index contributed by atoms with van der Waals surface area (Å²) in [5.41, 5.74) is 1.84. The first-order valence-electron chi connectivity index (χ1n) is 17.6. The number of nitrogens with zero attached hydrogens (tertiary/aromatic N) is 3. The predicted molar refractivity (Wildman–Crippen MR) is 202 cm³/mol. The molecule has 1 fully saturated rings. The number of aryl methyl sites for hydroxylation is 1. The lowest BCUT2D eigenvalue weighted by Crippen LogP contribution is -2.40. The molecule has 3 aliphatic rings. The summed E-state index contributed by atoms with van der Waals surface area (Å²) in [6.07, 6.45) is -1.42. The molecule has 290 valence electrons. The predicted octanol–water partition coefficient (Wildman–Crippen LogP) is 7.52. The summed E-state index contributed by atoms with van der Waals surface area (Å²) in [6.45, 7) is 8.29. The summed E-state index contributed by atoms with van der Waals surface area (Å²) in [7, 11) is -2.20. The summed E-state index contributed by atoms with van der Waals surface area (Å²) in [5, 5.41) is 15.1. The van der Waals surface area contributed by atoms with E-state index < -0.39 is 62.6 Å². The van der Waals surface area contributed by atoms with Crippen molar-refractivity contribution in [1.29, 1.82) is 0 Å². The molecule has 2 aliphatic heterocycles. The molecule has 55 heavy (non-hydrogen) atoms. The number of carbonyl (C=O) groups excluding carboxylic acids is 3. The lowest BCUT2D eigenvalue weighted by atomic mass is 9.93. The van der Waals surface area contributed by atoms with Crippen LogP contribution in [0.5, 0.6) is 0 Å². The fourth-order valence-corrected chi connectivity index (χ4v) is 8.43. The first kappa shape index (κ1) is 38.9. The first-order chi connectivity index (χ1) is 25.8. The Balaban J connectivity index is 1.42. The Bertz CT molecular complexity index is 2320. The zero-order valence-electron chi connectivity index (χ0n) is 31.2. The number of hydrogen-bond acceptors (Lipinski definition) is 10. The van der Waals surface area contributed by atoms with E-state index in [9.17, 15) is 32.7 Å². The molecule has 4 amide bonds. The van der Waals surface area contributed by atoms with Gasteiger partial charge in [0.2, 0.25) is 5.91 Å². The molecular formula is C39H42FN5O9S. The highest BCUT2D eigenvalue weighted by atomic mass is 32.2. The summed E-state index contributed by atoms with van der Waals surface area (Å²) < 4.78 is 53.9. The quantitative estimate of drug-likeness (QED) is 0.182. The van der Waals surface area contributed by atoms with E-state index in [4.69, 9.17) is 9.47 Å². The number of amides is 4. The Labute approximate surface area is 317 Å². The lowest BCUT2D eigenvalue weighted by Gasteiger charge is -2.28. The van der Waals surface area contributed by atoms with Gasteiger partial charge in [0.05, 0.1) is 22.1 Å². The maximum Gasteiger partial charge on any atom is 0.425 e. The summed E-state index contributed by atoms with van der Waals surface area (Å²) in [6, 6.07) is 12.7. The van der Waals surface area contributed by atoms with E-state index in [-0.39, 0.29) is 56.6 Å². The van der Waals surface area contributed by atoms with Crippen LogP contribution >= 0.6 is 0 Å². The van der Waals surface area contributed by atoms with E-state index >= 15 is 4.39 Å². The third kappa shape index (κ3) is 8.33. The number of hydrogen-bond donors (Lipinski definition) is 3. The van der Waals surface area contributed by atoms with Crippen molar-refractivity contribution in [3.8, 4) is 0 Å². The number of carboxylic acid groups (broad SMARTS) is 1. The van der Waals surface area contributed by atoms with Crippen LogP contribution in [0.15, 0.2) is 65.7 Å². The highest BCUT2D eigenvalue weighted by molar-refractivity contribution is 7.92. The maximum atomic E-state index is 16.2. The molecule has 0 saturated heterocycles. The molecule has 3 N–H and O–H groups in total. The van der Waals surface area contributed by atoms with Gasteiger partial charge in [-0.1, -0.05) is 25.1 Å². The molecule has 1 saturated carbocycles. The number of ether oxygens (including phenoxy) is 2. The van der Waals surface area contributed by atoms with Crippen molar-refractivity contribution >= 4 is 62.0 Å². The molecule has 2 atom stereocenters. The lowest BCUT2D eigenvalue weighted by molar-refractivity contribution is -0.131. The van der Waals surface area contributed by atoms with E-state index in [1.54, 1.807) is 32.9 Å². The fraction of sp³-hybridized carbons (Fsp3) is 0.359. The smallest absolute Gasteiger partial charge is 0.425 e. The zero-order chi connectivity index (χ0) is 40.0. The second kappa shape index (κ2) is 14.8. The molecule has 1 aliphatic carbocycles. The highest BCUT2D eigenvalue weighted by Crippen LogP contribution is 2.37. The van der Waals surface area contributed by atoms with Crippen LogP contribution in [0.4, 0.5) is 36.0 Å². The molecule has 16 heteroatoms. The van der Waals surface area contributed by atoms with E-state index in [1.165, 1.54) is 48.5 Å². The topological polar surface area (TPSA) is 185 Å². The number of imide groups is 1. The van der Waals surface area contributed by atoms with Crippen molar-refractivity contribution in [3.63, 3.8) is 0 Å². The van der Waals surface area contributed by atoms with Crippen molar-refractivity contribution in [2.75, 3.05) is 29.2 Å². The molecule has 0 spiro atoms. The molecule has 3 heterocycles. The number of benzene rings is 3. The largest absolute Gasteiger partial charge is 0.464 e. The Hall–Kier alpha value is -5.77. The van der Waals surface area contributed by atoms with Crippen molar-refractivity contribution < 1.29 is 46.6 Å². The number of carbonyl (C=O) groups is 4. The Morgan fingerprint density at radius 2 is 1.82 bits per heavy atom. The first-order valence-corrected chi connectivity index (χ1v) is 19.2. The standard InChI is InChI=1S/C39H42FN5O9S/c1-21-15-24-7-11-29(21)22(2)20-53-36(47)43-26-8-12-31(55(51,52)28-9-10-28)25(17-26)19-44(6)35(46)33(24)42-27-16-23-13-14-41-34(32(23)30(40)18-27)45(37(48)49)38(50)54-39(3,4)5/h7-8,11-18,22,28,33,42H,9-10,19-20H2,1-6H3,(H,43,47)(H,48,49)/t22-,33?/m0/s1. The van der Waals surface area contributed by atoms with E-state index in [1.807, 2.05) is 19.9 Å². The van der Waals surface area contributed by atoms with Crippen LogP contribution < -0.4 is 15.5 Å². The van der Waals surface area contributed by atoms with Gasteiger partial charge in [0.25, 0.3) is 0 Å². The number of sulfone groups is 1. The van der Waals surface area contributed by atoms with Crippen molar-refractivity contribution in [2.24, 2.45) is 0 Å². The van der Waals surface area contributed by atoms with Crippen LogP contribution in [0.25, 0.3) is 10.8 Å². The summed E-state index contributed by atoms with van der Waals surface area (Å²) in [4.78, 5) is 58.1. The van der Waals surface area contributed by atoms with Crippen molar-refractivity contribution in [3.05, 3.63) is 88.9 Å². The normalized spacial score (nSPS) is 18.1. The number of nitrogens with one attached hydrogen (secondary N) is 2. The molecule has 3 aromatic carbocycles. The van der Waals surface area contributed by atoms with Crippen molar-refractivity contribution in [1.82, 2.24) is 9.88 Å². The minimum Gasteiger partial charge on any atom is -0.464 e. The second-order valence-corrected chi connectivity index (χ2v) is 17.1. The maximum absolute atomic E-state index is 16.2. The molecule has 4 aromatic rings. The SMILES string of the molecule is Cc1cc2ccc1[C@@H](C)COC(=O)Nc1ccc(S(=O)(=O)C3CC3)c(c1)CN(C)C(=O)C2Nc1cc(F)c2c(N(C(=O)O)C(=O)OC(C)(C)C)nccc2c1. The second-order valence-electron chi connectivity index (χ2n) is 14.9. The van der Waals surface area contributed by atoms with E-state index in [0.29, 0.717) is 18.4 Å². The van der Waals surface area contributed by atoms with Gasteiger partial charge >= 0.3 is 18.3 Å². The molecule has 7 rings (SSSR count). The van der Waals surface area contributed by atoms with Gasteiger partial charge in [0.15, 0.2) is 15.7 Å². The van der Waals surface area contributed by atoms with Crippen LogP contribution in [0, 0.1) is 12.7 Å². The molecular weight excluding hydrogens is 734 g/mol. The fourth-order valence-electron chi connectivity index (χ4n) is 6.56. The van der Waals surface area contributed by atoms with Crippen LogP contribution in [0.2, 0.25) is 0 Å². The Morgan fingerprint density at radius 3 is 2.47 bits per heavy atom. The summed E-state index contributed by atoms with van der Waals surface area (Å²) >= 11 is 0. The van der Waals surface area contributed by atoms with Gasteiger partial charge < -0.3 is 24.8 Å². The highest BCUT2D eigenvalue weighted by Gasteiger charge is 2.39. The van der Waals surface area contributed by atoms with Gasteiger partial charge in [0, 0.05) is 37.1 Å². The monoisotopic (exact) mass is 775 g/mol. The molecule has 1 aromatic heterocycles. The minimum atomic E-state index is -3.72. The van der Waals surface area contributed by atoms with Crippen LogP contribution in [-0.2, 0) is 30.7 Å². The number of fused-ring (bicyclic) bond motifs is 10.